The van der Waals surface area contributed by atoms with E-state index in [4.69, 9.17) is 15.8 Å². The number of likely N-dealkylation sites (tertiary alicyclic amines) is 1. The lowest BCUT2D eigenvalue weighted by atomic mass is 10.0. The molecule has 1 amide bonds. The fraction of sp³-hybridized carbons (Fsp3) is 0.464. The van der Waals surface area contributed by atoms with E-state index in [-0.39, 0.29) is 11.9 Å². The van der Waals surface area contributed by atoms with E-state index in [2.05, 4.69) is 17.6 Å². The largest absolute Gasteiger partial charge is 0.384 e. The summed E-state index contributed by atoms with van der Waals surface area (Å²) in [5.41, 5.74) is 11.2. The molecule has 0 bridgehead atoms. The first-order valence-electron chi connectivity index (χ1n) is 13.0. The Balaban J connectivity index is 1.43. The molecule has 1 aliphatic carbocycles. The number of aromatic nitrogens is 4. The maximum atomic E-state index is 13.2. The highest BCUT2D eigenvalue weighted by Gasteiger charge is 2.28. The van der Waals surface area contributed by atoms with Crippen LogP contribution in [0, 0.1) is 12.8 Å². The Morgan fingerprint density at radius 1 is 1.19 bits per heavy atom. The SMILES string of the molecule is Cc1c(-c2cc3ccc(C(C)(C)O)nc3n2CC2CC2)nn2cc(C(=O)N3CCC[C@@H](N)C3)ccc12. The van der Waals surface area contributed by atoms with Gasteiger partial charge in [-0.3, -0.25) is 4.79 Å². The number of pyridine rings is 2. The smallest absolute Gasteiger partial charge is 0.255 e. The zero-order chi connectivity index (χ0) is 25.2. The van der Waals surface area contributed by atoms with Crippen molar-refractivity contribution < 1.29 is 9.90 Å². The zero-order valence-corrected chi connectivity index (χ0v) is 21.2. The first-order chi connectivity index (χ1) is 17.2. The molecular weight excluding hydrogens is 452 g/mol. The number of nitrogens with zero attached hydrogens (tertiary/aromatic N) is 5. The molecule has 2 fully saturated rings. The van der Waals surface area contributed by atoms with Gasteiger partial charge in [0.15, 0.2) is 0 Å². The van der Waals surface area contributed by atoms with Crippen LogP contribution in [-0.4, -0.2) is 54.2 Å². The van der Waals surface area contributed by atoms with Crippen LogP contribution in [0.15, 0.2) is 36.5 Å². The van der Waals surface area contributed by atoms with E-state index in [1.807, 2.05) is 39.9 Å². The highest BCUT2D eigenvalue weighted by molar-refractivity contribution is 5.94. The normalized spacial score (nSPS) is 18.9. The van der Waals surface area contributed by atoms with Gasteiger partial charge in [0.2, 0.25) is 0 Å². The summed E-state index contributed by atoms with van der Waals surface area (Å²) in [5.74, 6) is 0.650. The molecule has 36 heavy (non-hydrogen) atoms. The number of nitrogens with two attached hydrogens (primary N) is 1. The monoisotopic (exact) mass is 486 g/mol. The van der Waals surface area contributed by atoms with Gasteiger partial charge in [0, 0.05) is 42.8 Å². The number of amides is 1. The molecule has 0 radical (unpaired) electrons. The molecule has 4 aromatic rings. The summed E-state index contributed by atoms with van der Waals surface area (Å²) < 4.78 is 4.09. The number of carbonyl (C=O) groups excluding carboxylic acids is 1. The molecule has 0 spiro atoms. The van der Waals surface area contributed by atoms with Crippen molar-refractivity contribution in [2.24, 2.45) is 11.7 Å². The predicted molar refractivity (Wildman–Crippen MR) is 140 cm³/mol. The van der Waals surface area contributed by atoms with Gasteiger partial charge in [0.05, 0.1) is 22.5 Å². The summed E-state index contributed by atoms with van der Waals surface area (Å²) in [7, 11) is 0. The minimum Gasteiger partial charge on any atom is -0.384 e. The predicted octanol–water partition coefficient (Wildman–Crippen LogP) is 3.86. The quantitative estimate of drug-likeness (QED) is 0.446. The second-order valence-corrected chi connectivity index (χ2v) is 11.1. The molecule has 8 heteroatoms. The molecule has 2 aliphatic rings. The minimum absolute atomic E-state index is 0.00736. The van der Waals surface area contributed by atoms with Gasteiger partial charge >= 0.3 is 0 Å². The topological polar surface area (TPSA) is 102 Å². The first-order valence-corrected chi connectivity index (χ1v) is 13.0. The number of fused-ring (bicyclic) bond motifs is 2. The van der Waals surface area contributed by atoms with Gasteiger partial charge in [0.25, 0.3) is 5.91 Å². The molecule has 1 aliphatic heterocycles. The van der Waals surface area contributed by atoms with Gasteiger partial charge in [-0.25, -0.2) is 9.50 Å². The van der Waals surface area contributed by atoms with Crippen molar-refractivity contribution >= 4 is 22.5 Å². The second kappa shape index (κ2) is 8.42. The fourth-order valence-corrected chi connectivity index (χ4v) is 5.33. The average molecular weight is 487 g/mol. The van der Waals surface area contributed by atoms with Gasteiger partial charge < -0.3 is 20.3 Å². The average Bonchev–Trinajstić information content (AvgIpc) is 3.52. The number of aryl methyl sites for hydroxylation is 1. The Morgan fingerprint density at radius 2 is 2.00 bits per heavy atom. The van der Waals surface area contributed by atoms with Crippen LogP contribution in [0.2, 0.25) is 0 Å². The molecule has 188 valence electrons. The Bertz CT molecular complexity index is 1470. The van der Waals surface area contributed by atoms with Crippen molar-refractivity contribution in [3.8, 4) is 11.4 Å². The number of aliphatic hydroxyl groups is 1. The molecular formula is C28H34N6O2. The highest BCUT2D eigenvalue weighted by atomic mass is 16.3. The molecule has 1 atom stereocenters. The van der Waals surface area contributed by atoms with E-state index in [1.165, 1.54) is 12.8 Å². The maximum absolute atomic E-state index is 13.2. The molecule has 8 nitrogen and oxygen atoms in total. The number of rotatable bonds is 5. The summed E-state index contributed by atoms with van der Waals surface area (Å²) >= 11 is 0. The molecule has 0 aromatic carbocycles. The van der Waals surface area contributed by atoms with Crippen LogP contribution in [0.3, 0.4) is 0 Å². The second-order valence-electron chi connectivity index (χ2n) is 11.1. The van der Waals surface area contributed by atoms with Crippen LogP contribution in [0.4, 0.5) is 0 Å². The van der Waals surface area contributed by atoms with Gasteiger partial charge in [-0.1, -0.05) is 0 Å². The van der Waals surface area contributed by atoms with Crippen LogP contribution in [0.1, 0.15) is 61.1 Å². The van der Waals surface area contributed by atoms with E-state index >= 15 is 0 Å². The van der Waals surface area contributed by atoms with Crippen LogP contribution in [0.5, 0.6) is 0 Å². The minimum atomic E-state index is -1.01. The number of piperidine rings is 1. The number of carbonyl (C=O) groups is 1. The third-order valence-electron chi connectivity index (χ3n) is 7.62. The van der Waals surface area contributed by atoms with Crippen LogP contribution in [0.25, 0.3) is 27.9 Å². The Hall–Kier alpha value is -3.23. The van der Waals surface area contributed by atoms with Gasteiger partial charge in [0.1, 0.15) is 16.9 Å². The number of hydrogen-bond donors (Lipinski definition) is 2. The fourth-order valence-electron chi connectivity index (χ4n) is 5.33. The molecule has 4 aromatic heterocycles. The summed E-state index contributed by atoms with van der Waals surface area (Å²) in [4.78, 5) is 19.9. The Kier molecular flexibility index (Phi) is 5.42. The summed E-state index contributed by atoms with van der Waals surface area (Å²) in [6.45, 7) is 7.83. The third kappa shape index (κ3) is 4.08. The van der Waals surface area contributed by atoms with Crippen molar-refractivity contribution in [3.05, 3.63) is 53.3 Å². The number of hydrogen-bond acceptors (Lipinski definition) is 5. The lowest BCUT2D eigenvalue weighted by Crippen LogP contribution is -2.45. The molecule has 1 saturated carbocycles. The lowest BCUT2D eigenvalue weighted by molar-refractivity contribution is 0.0707. The molecule has 6 rings (SSSR count). The first kappa shape index (κ1) is 23.2. The Labute approximate surface area is 210 Å². The molecule has 0 unspecified atom stereocenters. The van der Waals surface area contributed by atoms with Gasteiger partial charge in [-0.2, -0.15) is 5.10 Å². The van der Waals surface area contributed by atoms with Crippen LogP contribution >= 0.6 is 0 Å². The highest BCUT2D eigenvalue weighted by Crippen LogP contribution is 2.37. The summed E-state index contributed by atoms with van der Waals surface area (Å²) in [5, 5.41) is 16.5. The van der Waals surface area contributed by atoms with E-state index in [0.29, 0.717) is 23.7 Å². The van der Waals surface area contributed by atoms with Crippen LogP contribution < -0.4 is 5.73 Å². The van der Waals surface area contributed by atoms with E-state index in [1.54, 1.807) is 13.8 Å². The lowest BCUT2D eigenvalue weighted by Gasteiger charge is -2.30. The molecule has 1 saturated heterocycles. The summed E-state index contributed by atoms with van der Waals surface area (Å²) in [6, 6.07) is 10.0. The third-order valence-corrected chi connectivity index (χ3v) is 7.62. The molecule has 5 heterocycles. The van der Waals surface area contributed by atoms with E-state index in [9.17, 15) is 9.90 Å². The van der Waals surface area contributed by atoms with Crippen molar-refractivity contribution in [3.63, 3.8) is 0 Å². The zero-order valence-electron chi connectivity index (χ0n) is 21.2. The van der Waals surface area contributed by atoms with Crippen molar-refractivity contribution in [1.29, 1.82) is 0 Å². The van der Waals surface area contributed by atoms with Crippen LogP contribution in [-0.2, 0) is 12.1 Å². The van der Waals surface area contributed by atoms with E-state index in [0.717, 1.165) is 59.4 Å². The maximum Gasteiger partial charge on any atom is 0.255 e. The van der Waals surface area contributed by atoms with Crippen molar-refractivity contribution in [2.75, 3.05) is 13.1 Å². The molecule has 3 N–H and O–H groups in total. The van der Waals surface area contributed by atoms with E-state index < -0.39 is 5.60 Å². The summed E-state index contributed by atoms with van der Waals surface area (Å²) in [6.07, 6.45) is 6.19. The Morgan fingerprint density at radius 3 is 2.72 bits per heavy atom. The van der Waals surface area contributed by atoms with Gasteiger partial charge in [-0.05, 0) is 82.7 Å². The van der Waals surface area contributed by atoms with Crippen molar-refractivity contribution in [2.45, 2.75) is 64.6 Å². The standard InChI is InChI=1S/C28H34N6O2/c1-17-22-10-8-20(27(35)32-12-4-5-21(29)16-32)15-34(22)31-25(17)23-13-19-9-11-24(28(2,3)36)30-26(19)33(23)14-18-6-7-18/h8-11,13,15,18,21,36H,4-7,12,14,16,29H2,1-3H3/t21-/m1/s1. The van der Waals surface area contributed by atoms with Crippen molar-refractivity contribution in [1.82, 2.24) is 24.1 Å². The van der Waals surface area contributed by atoms with Gasteiger partial charge in [-0.15, -0.1) is 0 Å².